The highest BCUT2D eigenvalue weighted by Gasteiger charge is 2.54. The molecule has 11 heteroatoms. The normalized spacial score (nSPS) is 16.3. The van der Waals surface area contributed by atoms with E-state index in [1.165, 1.54) is 0 Å². The highest BCUT2D eigenvalue weighted by Crippen LogP contribution is 2.42. The van der Waals surface area contributed by atoms with Crippen molar-refractivity contribution in [2.75, 3.05) is 0 Å². The van der Waals surface area contributed by atoms with Crippen molar-refractivity contribution in [2.45, 2.75) is 128 Å². The van der Waals surface area contributed by atoms with Crippen molar-refractivity contribution >= 4 is 29.8 Å². The van der Waals surface area contributed by atoms with E-state index in [0.29, 0.717) is 0 Å². The number of amides is 4. The van der Waals surface area contributed by atoms with Crippen LogP contribution in [0.15, 0.2) is 146 Å². The third kappa shape index (κ3) is 10.4. The lowest BCUT2D eigenvalue weighted by Gasteiger charge is -2.42. The number of benzene rings is 6. The zero-order valence-electron chi connectivity index (χ0n) is 43.1. The summed E-state index contributed by atoms with van der Waals surface area (Å²) in [5, 5.41) is 12.8. The number of esters is 1. The zero-order chi connectivity index (χ0) is 51.9. The van der Waals surface area contributed by atoms with Crippen molar-refractivity contribution in [3.05, 3.63) is 179 Å². The van der Waals surface area contributed by atoms with E-state index < -0.39 is 69.6 Å². The Balaban J connectivity index is 1.22. The SMILES string of the molecule is CC(C)[C@H](NC(=O)OC(C)(C)C)C(=O)NC1(C(=O)NC2(C(=O)NC3(C(=O)OC(C)(C)C)Cc4ccccc4-c4ccccc4C3)Cc3ccccc3-c3ccccc3C2)Cc2ccccc2-c2ccccc2C1. The molecule has 9 rings (SSSR count). The van der Waals surface area contributed by atoms with Gasteiger partial charge in [-0.05, 0) is 114 Å². The molecule has 73 heavy (non-hydrogen) atoms. The molecule has 6 aromatic carbocycles. The second-order valence-corrected chi connectivity index (χ2v) is 22.5. The van der Waals surface area contributed by atoms with Crippen molar-refractivity contribution in [1.29, 1.82) is 0 Å². The summed E-state index contributed by atoms with van der Waals surface area (Å²) in [6, 6.07) is 46.1. The minimum atomic E-state index is -1.78. The van der Waals surface area contributed by atoms with Gasteiger partial charge in [-0.3, -0.25) is 14.4 Å². The number of carbonyl (C=O) groups is 5. The average Bonchev–Trinajstić information content (AvgIpc) is 3.65. The van der Waals surface area contributed by atoms with Crippen LogP contribution < -0.4 is 21.3 Å². The highest BCUT2D eigenvalue weighted by molar-refractivity contribution is 6.02. The maximum atomic E-state index is 16.5. The first-order chi connectivity index (χ1) is 34.7. The number of rotatable bonds is 9. The monoisotopic (exact) mass is 978 g/mol. The number of carbonyl (C=O) groups excluding carboxylic acids is 5. The number of hydrogen-bond acceptors (Lipinski definition) is 7. The van der Waals surface area contributed by atoms with E-state index in [0.717, 1.165) is 66.8 Å². The second kappa shape index (κ2) is 19.5. The molecule has 3 aliphatic carbocycles. The van der Waals surface area contributed by atoms with Gasteiger partial charge in [0.25, 0.3) is 0 Å². The molecule has 4 amide bonds. The Labute approximate surface area is 428 Å². The van der Waals surface area contributed by atoms with Gasteiger partial charge in [0.05, 0.1) is 0 Å². The molecular formula is C62H66N4O7. The van der Waals surface area contributed by atoms with Gasteiger partial charge in [0, 0.05) is 38.5 Å². The lowest BCUT2D eigenvalue weighted by Crippen LogP contribution is -2.72. The van der Waals surface area contributed by atoms with Crippen LogP contribution in [0.4, 0.5) is 4.79 Å². The van der Waals surface area contributed by atoms with E-state index in [1.807, 2.05) is 180 Å². The largest absolute Gasteiger partial charge is 0.458 e. The van der Waals surface area contributed by atoms with Gasteiger partial charge in [0.2, 0.25) is 17.7 Å². The quantitative estimate of drug-likeness (QED) is 0.105. The summed E-state index contributed by atoms with van der Waals surface area (Å²) in [4.78, 5) is 76.8. The number of fused-ring (bicyclic) bond motifs is 9. The summed E-state index contributed by atoms with van der Waals surface area (Å²) in [7, 11) is 0. The van der Waals surface area contributed by atoms with Gasteiger partial charge in [-0.2, -0.15) is 0 Å². The molecule has 0 aromatic heterocycles. The van der Waals surface area contributed by atoms with E-state index in [9.17, 15) is 4.79 Å². The maximum absolute atomic E-state index is 16.5. The van der Waals surface area contributed by atoms with Gasteiger partial charge >= 0.3 is 12.1 Å². The Bertz CT molecular complexity index is 2980. The molecule has 0 aliphatic heterocycles. The Morgan fingerprint density at radius 1 is 0.411 bits per heavy atom. The molecule has 0 spiro atoms. The van der Waals surface area contributed by atoms with Crippen molar-refractivity contribution in [1.82, 2.24) is 21.3 Å². The van der Waals surface area contributed by atoms with Gasteiger partial charge in [0.15, 0.2) is 0 Å². The van der Waals surface area contributed by atoms with Gasteiger partial charge in [-0.15, -0.1) is 0 Å². The third-order valence-corrected chi connectivity index (χ3v) is 14.3. The van der Waals surface area contributed by atoms with E-state index in [1.54, 1.807) is 20.8 Å². The van der Waals surface area contributed by atoms with E-state index in [-0.39, 0.29) is 38.5 Å². The zero-order valence-corrected chi connectivity index (χ0v) is 43.1. The Morgan fingerprint density at radius 3 is 0.986 bits per heavy atom. The van der Waals surface area contributed by atoms with E-state index in [2.05, 4.69) is 21.3 Å². The topological polar surface area (TPSA) is 152 Å². The van der Waals surface area contributed by atoms with Crippen LogP contribution in [0.5, 0.6) is 0 Å². The summed E-state index contributed by atoms with van der Waals surface area (Å²) in [5.41, 5.74) is 3.53. The Morgan fingerprint density at radius 2 is 0.685 bits per heavy atom. The van der Waals surface area contributed by atoms with Crippen molar-refractivity contribution in [2.24, 2.45) is 5.92 Å². The first-order valence-electron chi connectivity index (χ1n) is 25.4. The van der Waals surface area contributed by atoms with Crippen LogP contribution in [-0.2, 0) is 67.2 Å². The molecule has 0 bridgehead atoms. The average molecular weight is 979 g/mol. The standard InChI is InChI=1S/C62H66N4O7/c1-39(2)52(63-57(71)73-59(6,7)8)53(67)64-60(33-40-21-9-15-27-46(40)47-28-16-10-22-41(47)34-60)54(68)65-61(35-42-23-11-17-29-48(42)49-30-18-12-24-43(49)36-61)55(69)66-62(56(70)72-58(3,4)5)37-44-25-13-19-31-50(44)51-32-20-14-26-45(51)38-62/h9-32,39,52H,33-38H2,1-8H3,(H,63,71)(H,64,67)(H,65,68)(H,66,69)/t52-/m0/s1. The van der Waals surface area contributed by atoms with Crippen LogP contribution in [0.1, 0.15) is 88.8 Å². The minimum absolute atomic E-state index is 0.0268. The lowest BCUT2D eigenvalue weighted by atomic mass is 9.79. The van der Waals surface area contributed by atoms with Crippen LogP contribution in [0.25, 0.3) is 33.4 Å². The molecule has 1 atom stereocenters. The van der Waals surface area contributed by atoms with Crippen molar-refractivity contribution in [3.63, 3.8) is 0 Å². The number of alkyl carbamates (subject to hydrolysis) is 1. The van der Waals surface area contributed by atoms with Crippen LogP contribution in [0.3, 0.4) is 0 Å². The fourth-order valence-corrected chi connectivity index (χ4v) is 11.0. The predicted molar refractivity (Wildman–Crippen MR) is 284 cm³/mol. The van der Waals surface area contributed by atoms with Crippen LogP contribution in [0, 0.1) is 5.92 Å². The van der Waals surface area contributed by atoms with Crippen LogP contribution in [0.2, 0.25) is 0 Å². The number of hydrogen-bond donors (Lipinski definition) is 4. The molecule has 0 saturated carbocycles. The molecule has 4 N–H and O–H groups in total. The van der Waals surface area contributed by atoms with E-state index >= 15 is 19.2 Å². The molecule has 376 valence electrons. The van der Waals surface area contributed by atoms with Gasteiger partial charge in [0.1, 0.15) is 33.9 Å². The van der Waals surface area contributed by atoms with Crippen LogP contribution >= 0.6 is 0 Å². The summed E-state index contributed by atoms with van der Waals surface area (Å²) in [5.74, 6) is -2.82. The number of nitrogens with one attached hydrogen (secondary N) is 4. The lowest BCUT2D eigenvalue weighted by molar-refractivity contribution is -0.165. The molecule has 0 saturated heterocycles. The van der Waals surface area contributed by atoms with E-state index in [4.69, 9.17) is 9.47 Å². The number of ether oxygens (including phenoxy) is 2. The molecule has 3 aliphatic rings. The summed E-state index contributed by atoms with van der Waals surface area (Å²) in [6.45, 7) is 14.3. The third-order valence-electron chi connectivity index (χ3n) is 14.3. The molecule has 0 radical (unpaired) electrons. The highest BCUT2D eigenvalue weighted by atomic mass is 16.6. The fourth-order valence-electron chi connectivity index (χ4n) is 11.0. The summed E-state index contributed by atoms with van der Waals surface area (Å²) >= 11 is 0. The van der Waals surface area contributed by atoms with Crippen LogP contribution in [-0.4, -0.2) is 63.6 Å². The maximum Gasteiger partial charge on any atom is 0.408 e. The van der Waals surface area contributed by atoms with Gasteiger partial charge in [-0.1, -0.05) is 159 Å². The van der Waals surface area contributed by atoms with Crippen molar-refractivity contribution in [3.8, 4) is 33.4 Å². The van der Waals surface area contributed by atoms with Gasteiger partial charge in [-0.25, -0.2) is 9.59 Å². The molecule has 0 unspecified atom stereocenters. The smallest absolute Gasteiger partial charge is 0.408 e. The Hall–Kier alpha value is -7.53. The molecule has 0 fully saturated rings. The molecular weight excluding hydrogens is 913 g/mol. The summed E-state index contributed by atoms with van der Waals surface area (Å²) in [6.07, 6.45) is -0.446. The molecule has 6 aromatic rings. The fraction of sp³-hybridized carbons (Fsp3) is 0.339. The first kappa shape index (κ1) is 50.4. The first-order valence-corrected chi connectivity index (χ1v) is 25.4. The molecule has 11 nitrogen and oxygen atoms in total. The summed E-state index contributed by atoms with van der Waals surface area (Å²) < 4.78 is 11.9. The Kier molecular flexibility index (Phi) is 13.5. The minimum Gasteiger partial charge on any atom is -0.458 e. The van der Waals surface area contributed by atoms with Crippen molar-refractivity contribution < 1.29 is 33.4 Å². The van der Waals surface area contributed by atoms with Gasteiger partial charge < -0.3 is 30.7 Å². The predicted octanol–water partition coefficient (Wildman–Crippen LogP) is 9.84. The molecule has 0 heterocycles. The second-order valence-electron chi connectivity index (χ2n) is 22.5.